The van der Waals surface area contributed by atoms with Crippen molar-refractivity contribution in [2.75, 3.05) is 0 Å². The fraction of sp³-hybridized carbons (Fsp3) is 0.167. The number of aromatic nitrogens is 1. The van der Waals surface area contributed by atoms with Gasteiger partial charge in [-0.1, -0.05) is 11.6 Å². The molecule has 17 heavy (non-hydrogen) atoms. The van der Waals surface area contributed by atoms with Gasteiger partial charge in [0, 0.05) is 11.8 Å². The first-order chi connectivity index (χ1) is 8.16. The lowest BCUT2D eigenvalue weighted by atomic mass is 10.1. The van der Waals surface area contributed by atoms with Crippen molar-refractivity contribution in [1.82, 2.24) is 10.3 Å². The first-order valence-electron chi connectivity index (χ1n) is 5.11. The van der Waals surface area contributed by atoms with Crippen LogP contribution in [0.25, 0.3) is 0 Å². The summed E-state index contributed by atoms with van der Waals surface area (Å²) in [6.45, 7) is 1.95. The average molecular weight is 267 g/mol. The van der Waals surface area contributed by atoms with Gasteiger partial charge in [-0.05, 0) is 41.4 Å². The van der Waals surface area contributed by atoms with E-state index in [-0.39, 0.29) is 11.9 Å². The number of nitrogens with one attached hydrogen (secondary N) is 1. The van der Waals surface area contributed by atoms with Crippen LogP contribution in [-0.2, 0) is 0 Å². The van der Waals surface area contributed by atoms with Crippen LogP contribution in [0.4, 0.5) is 0 Å². The number of hydrogen-bond donors (Lipinski definition) is 1. The lowest BCUT2D eigenvalue weighted by Gasteiger charge is -2.12. The summed E-state index contributed by atoms with van der Waals surface area (Å²) in [5, 5.41) is 7.23. The molecule has 3 nitrogen and oxygen atoms in total. The van der Waals surface area contributed by atoms with Crippen molar-refractivity contribution in [2.24, 2.45) is 0 Å². The van der Waals surface area contributed by atoms with Crippen LogP contribution in [0.15, 0.2) is 35.2 Å². The molecule has 0 bridgehead atoms. The first kappa shape index (κ1) is 12.1. The average Bonchev–Trinajstić information content (AvgIpc) is 2.82. The van der Waals surface area contributed by atoms with Crippen LogP contribution in [0.3, 0.4) is 0 Å². The maximum Gasteiger partial charge on any atom is 0.251 e. The normalized spacial score (nSPS) is 12.1. The Morgan fingerprint density at radius 3 is 3.00 bits per heavy atom. The quantitative estimate of drug-likeness (QED) is 0.867. The highest BCUT2D eigenvalue weighted by atomic mass is 35.5. The molecule has 1 N–H and O–H groups in total. The highest BCUT2D eigenvalue weighted by Gasteiger charge is 2.11. The number of halogens is 1. The second-order valence-electron chi connectivity index (χ2n) is 3.62. The Labute approximate surface area is 108 Å². The van der Waals surface area contributed by atoms with E-state index in [1.54, 1.807) is 23.5 Å². The third kappa shape index (κ3) is 3.05. The van der Waals surface area contributed by atoms with E-state index in [2.05, 4.69) is 10.3 Å². The predicted molar refractivity (Wildman–Crippen MR) is 69.4 cm³/mol. The molecule has 0 saturated heterocycles. The molecule has 2 aromatic heterocycles. The zero-order valence-corrected chi connectivity index (χ0v) is 10.8. The molecule has 0 radical (unpaired) electrons. The topological polar surface area (TPSA) is 42.0 Å². The highest BCUT2D eigenvalue weighted by molar-refractivity contribution is 7.07. The zero-order chi connectivity index (χ0) is 12.3. The SMILES string of the molecule is CC(NC(=O)c1ccnc(Cl)c1)c1ccsc1. The summed E-state index contributed by atoms with van der Waals surface area (Å²) in [6.07, 6.45) is 1.52. The Morgan fingerprint density at radius 2 is 2.35 bits per heavy atom. The molecule has 0 aliphatic heterocycles. The fourth-order valence-electron chi connectivity index (χ4n) is 1.43. The van der Waals surface area contributed by atoms with Crippen LogP contribution in [0, 0.1) is 0 Å². The Morgan fingerprint density at radius 1 is 1.53 bits per heavy atom. The van der Waals surface area contributed by atoms with Gasteiger partial charge >= 0.3 is 0 Å². The van der Waals surface area contributed by atoms with E-state index in [1.165, 1.54) is 6.20 Å². The van der Waals surface area contributed by atoms with E-state index in [0.717, 1.165) is 5.56 Å². The predicted octanol–water partition coefficient (Wildman–Crippen LogP) is 3.29. The van der Waals surface area contributed by atoms with Gasteiger partial charge in [0.1, 0.15) is 5.15 Å². The summed E-state index contributed by atoms with van der Waals surface area (Å²) in [7, 11) is 0. The van der Waals surface area contributed by atoms with Crippen LogP contribution < -0.4 is 5.32 Å². The summed E-state index contributed by atoms with van der Waals surface area (Å²) < 4.78 is 0. The van der Waals surface area contributed by atoms with Crippen LogP contribution in [-0.4, -0.2) is 10.9 Å². The van der Waals surface area contributed by atoms with Gasteiger partial charge < -0.3 is 5.32 Å². The van der Waals surface area contributed by atoms with Gasteiger partial charge in [0.05, 0.1) is 6.04 Å². The van der Waals surface area contributed by atoms with Gasteiger partial charge in [0.15, 0.2) is 0 Å². The van der Waals surface area contributed by atoms with E-state index < -0.39 is 0 Å². The second kappa shape index (κ2) is 5.29. The van der Waals surface area contributed by atoms with E-state index >= 15 is 0 Å². The third-order valence-electron chi connectivity index (χ3n) is 2.38. The first-order valence-corrected chi connectivity index (χ1v) is 6.43. The molecular formula is C12H11ClN2OS. The molecule has 0 fully saturated rings. The van der Waals surface area contributed by atoms with Crippen LogP contribution in [0.1, 0.15) is 28.9 Å². The van der Waals surface area contributed by atoms with Crippen molar-refractivity contribution in [3.63, 3.8) is 0 Å². The molecule has 0 aliphatic carbocycles. The molecule has 0 saturated carbocycles. The Bertz CT molecular complexity index is 513. The maximum atomic E-state index is 11.9. The second-order valence-corrected chi connectivity index (χ2v) is 4.79. The summed E-state index contributed by atoms with van der Waals surface area (Å²) >= 11 is 7.35. The standard InChI is InChI=1S/C12H11ClN2OS/c1-8(10-3-5-17-7-10)15-12(16)9-2-4-14-11(13)6-9/h2-8H,1H3,(H,15,16). The van der Waals surface area contributed by atoms with E-state index in [1.807, 2.05) is 23.8 Å². The number of amides is 1. The number of carbonyl (C=O) groups excluding carboxylic acids is 1. The third-order valence-corrected chi connectivity index (χ3v) is 3.29. The summed E-state index contributed by atoms with van der Waals surface area (Å²) in [5.41, 5.74) is 1.62. The Balaban J connectivity index is 2.07. The smallest absolute Gasteiger partial charge is 0.251 e. The largest absolute Gasteiger partial charge is 0.345 e. The molecule has 0 aliphatic rings. The molecule has 2 aromatic rings. The fourth-order valence-corrected chi connectivity index (χ4v) is 2.36. The summed E-state index contributed by atoms with van der Waals surface area (Å²) in [5.74, 6) is -0.145. The molecule has 88 valence electrons. The van der Waals surface area contributed by atoms with Gasteiger partial charge in [0.25, 0.3) is 5.91 Å². The molecule has 0 spiro atoms. The number of pyridine rings is 1. The van der Waals surface area contributed by atoms with Gasteiger partial charge in [-0.15, -0.1) is 0 Å². The monoisotopic (exact) mass is 266 g/mol. The molecule has 1 amide bonds. The molecule has 2 heterocycles. The number of rotatable bonds is 3. The van der Waals surface area contributed by atoms with Crippen molar-refractivity contribution in [3.05, 3.63) is 51.4 Å². The summed E-state index contributed by atoms with van der Waals surface area (Å²) in [4.78, 5) is 15.7. The Hall–Kier alpha value is -1.39. The van der Waals surface area contributed by atoms with Crippen LogP contribution in [0.2, 0.25) is 5.15 Å². The van der Waals surface area contributed by atoms with E-state index in [9.17, 15) is 4.79 Å². The molecule has 2 rings (SSSR count). The maximum absolute atomic E-state index is 11.9. The van der Waals surface area contributed by atoms with Crippen LogP contribution in [0.5, 0.6) is 0 Å². The van der Waals surface area contributed by atoms with Gasteiger partial charge in [-0.25, -0.2) is 4.98 Å². The van der Waals surface area contributed by atoms with Crippen molar-refractivity contribution in [2.45, 2.75) is 13.0 Å². The minimum absolute atomic E-state index is 0.0132. The van der Waals surface area contributed by atoms with Crippen molar-refractivity contribution in [3.8, 4) is 0 Å². The zero-order valence-electron chi connectivity index (χ0n) is 9.18. The molecule has 5 heteroatoms. The van der Waals surface area contributed by atoms with Gasteiger partial charge in [-0.3, -0.25) is 4.79 Å². The molecule has 0 aromatic carbocycles. The van der Waals surface area contributed by atoms with Crippen molar-refractivity contribution in [1.29, 1.82) is 0 Å². The minimum Gasteiger partial charge on any atom is -0.345 e. The van der Waals surface area contributed by atoms with Crippen molar-refractivity contribution >= 4 is 28.8 Å². The number of hydrogen-bond acceptors (Lipinski definition) is 3. The molecule has 1 atom stereocenters. The minimum atomic E-state index is -0.145. The number of thiophene rings is 1. The number of nitrogens with zero attached hydrogens (tertiary/aromatic N) is 1. The van der Waals surface area contributed by atoms with Crippen LogP contribution >= 0.6 is 22.9 Å². The lowest BCUT2D eigenvalue weighted by molar-refractivity contribution is 0.0940. The van der Waals surface area contributed by atoms with Gasteiger partial charge in [0.2, 0.25) is 0 Å². The lowest BCUT2D eigenvalue weighted by Crippen LogP contribution is -2.26. The van der Waals surface area contributed by atoms with E-state index in [4.69, 9.17) is 11.6 Å². The molecule has 1 unspecified atom stereocenters. The van der Waals surface area contributed by atoms with Gasteiger partial charge in [-0.2, -0.15) is 11.3 Å². The molecular weight excluding hydrogens is 256 g/mol. The Kier molecular flexibility index (Phi) is 3.76. The highest BCUT2D eigenvalue weighted by Crippen LogP contribution is 2.16. The summed E-state index contributed by atoms with van der Waals surface area (Å²) in [6, 6.07) is 5.18. The number of carbonyl (C=O) groups is 1. The van der Waals surface area contributed by atoms with E-state index in [0.29, 0.717) is 10.7 Å². The van der Waals surface area contributed by atoms with Crippen molar-refractivity contribution < 1.29 is 4.79 Å².